The second kappa shape index (κ2) is 7.15. The van der Waals surface area contributed by atoms with Gasteiger partial charge < -0.3 is 9.64 Å². The maximum atomic E-state index is 13.1. The molecule has 6 heteroatoms. The van der Waals surface area contributed by atoms with Crippen LogP contribution in [0.3, 0.4) is 0 Å². The molecule has 0 aliphatic carbocycles. The minimum atomic E-state index is -0.514. The van der Waals surface area contributed by atoms with E-state index >= 15 is 0 Å². The van der Waals surface area contributed by atoms with Gasteiger partial charge in [-0.05, 0) is 51.1 Å². The summed E-state index contributed by atoms with van der Waals surface area (Å²) in [6.07, 6.45) is 1.66. The molecule has 5 rings (SSSR count). The molecule has 0 atom stereocenters. The van der Waals surface area contributed by atoms with Crippen LogP contribution in [0.2, 0.25) is 0 Å². The largest absolute Gasteiger partial charge is 0.486 e. The summed E-state index contributed by atoms with van der Waals surface area (Å²) >= 11 is 0. The Bertz CT molecular complexity index is 1230. The molecule has 0 radical (unpaired) electrons. The van der Waals surface area contributed by atoms with E-state index in [-0.39, 0.29) is 11.7 Å². The van der Waals surface area contributed by atoms with E-state index in [4.69, 9.17) is 4.74 Å². The van der Waals surface area contributed by atoms with Crippen molar-refractivity contribution in [3.63, 3.8) is 0 Å². The molecule has 1 aromatic heterocycles. The van der Waals surface area contributed by atoms with Crippen LogP contribution >= 0.6 is 0 Å². The van der Waals surface area contributed by atoms with Gasteiger partial charge >= 0.3 is 0 Å². The summed E-state index contributed by atoms with van der Waals surface area (Å²) in [5.41, 5.74) is 5.11. The number of amides is 1. The molecule has 1 spiro atoms. The molecule has 6 nitrogen and oxygen atoms in total. The third-order valence-corrected chi connectivity index (χ3v) is 6.53. The summed E-state index contributed by atoms with van der Waals surface area (Å²) in [5, 5.41) is 0. The molecule has 2 aliphatic rings. The van der Waals surface area contributed by atoms with Gasteiger partial charge in [0.05, 0.1) is 34.4 Å². The molecule has 0 N–H and O–H groups in total. The summed E-state index contributed by atoms with van der Waals surface area (Å²) in [7, 11) is 0. The Hall–Kier alpha value is -3.28. The molecule has 1 saturated heterocycles. The van der Waals surface area contributed by atoms with Crippen LogP contribution in [0.5, 0.6) is 5.75 Å². The minimum Gasteiger partial charge on any atom is -0.486 e. The zero-order valence-electron chi connectivity index (χ0n) is 18.1. The van der Waals surface area contributed by atoms with Crippen molar-refractivity contribution < 1.29 is 14.3 Å². The molecule has 0 bridgehead atoms. The Kier molecular flexibility index (Phi) is 4.54. The molecule has 3 heterocycles. The first-order chi connectivity index (χ1) is 14.8. The van der Waals surface area contributed by atoms with Crippen molar-refractivity contribution >= 4 is 22.7 Å². The molecule has 0 unspecified atom stereocenters. The molecule has 31 heavy (non-hydrogen) atoms. The Balaban J connectivity index is 1.33. The fourth-order valence-electron chi connectivity index (χ4n) is 4.55. The average molecular weight is 415 g/mol. The van der Waals surface area contributed by atoms with Crippen molar-refractivity contribution in [2.45, 2.75) is 45.6 Å². The summed E-state index contributed by atoms with van der Waals surface area (Å²) < 4.78 is 6.32. The number of Topliss-reactive ketones (excluding diaryl/α,β-unsaturated/α-hetero) is 1. The maximum absolute atomic E-state index is 13.1. The molecule has 158 valence electrons. The van der Waals surface area contributed by atoms with Crippen molar-refractivity contribution in [1.82, 2.24) is 14.9 Å². The predicted molar refractivity (Wildman–Crippen MR) is 118 cm³/mol. The zero-order valence-corrected chi connectivity index (χ0v) is 18.1. The summed E-state index contributed by atoms with van der Waals surface area (Å²) in [6, 6.07) is 11.2. The molecule has 2 aromatic carbocycles. The van der Waals surface area contributed by atoms with E-state index in [1.807, 2.05) is 62.1 Å². The molecule has 1 amide bonds. The average Bonchev–Trinajstić information content (AvgIpc) is 2.75. The van der Waals surface area contributed by atoms with Gasteiger partial charge in [-0.25, -0.2) is 9.97 Å². The Labute approximate surface area is 181 Å². The van der Waals surface area contributed by atoms with E-state index in [9.17, 15) is 9.59 Å². The normalized spacial score (nSPS) is 17.5. The number of carbonyl (C=O) groups excluding carboxylic acids is 2. The standard InChI is InChI=1S/C25H25N3O3/c1-15-4-7-23-19(12-15)22(29)14-25(31-23)8-10-28(11-9-25)24(30)18-5-6-20-21(13-18)27-17(3)16(2)26-20/h4-7,12-13H,8-11,14H2,1-3H3. The van der Waals surface area contributed by atoms with Crippen molar-refractivity contribution in [2.24, 2.45) is 0 Å². The zero-order chi connectivity index (χ0) is 21.8. The first-order valence-electron chi connectivity index (χ1n) is 10.7. The lowest BCUT2D eigenvalue weighted by Crippen LogP contribution is -2.52. The van der Waals surface area contributed by atoms with E-state index in [1.165, 1.54) is 0 Å². The molecule has 1 fully saturated rings. The number of rotatable bonds is 1. The number of piperidine rings is 1. The van der Waals surface area contributed by atoms with E-state index in [1.54, 1.807) is 0 Å². The van der Waals surface area contributed by atoms with E-state index < -0.39 is 5.60 Å². The highest BCUT2D eigenvalue weighted by molar-refractivity contribution is 6.01. The molecular formula is C25H25N3O3. The van der Waals surface area contributed by atoms with Crippen LogP contribution in [-0.4, -0.2) is 45.2 Å². The van der Waals surface area contributed by atoms with Crippen LogP contribution in [0.15, 0.2) is 36.4 Å². The third kappa shape index (κ3) is 3.46. The molecular weight excluding hydrogens is 390 g/mol. The highest BCUT2D eigenvalue weighted by Crippen LogP contribution is 2.39. The first-order valence-corrected chi connectivity index (χ1v) is 10.7. The Morgan fingerprint density at radius 1 is 0.968 bits per heavy atom. The van der Waals surface area contributed by atoms with Gasteiger partial charge in [0.15, 0.2) is 5.78 Å². The van der Waals surface area contributed by atoms with Crippen molar-refractivity contribution in [3.05, 3.63) is 64.5 Å². The van der Waals surface area contributed by atoms with Gasteiger partial charge in [0.25, 0.3) is 5.91 Å². The number of fused-ring (bicyclic) bond motifs is 2. The fourth-order valence-corrected chi connectivity index (χ4v) is 4.55. The lowest BCUT2D eigenvalue weighted by atomic mass is 9.82. The number of aryl methyl sites for hydroxylation is 3. The Morgan fingerprint density at radius 3 is 2.42 bits per heavy atom. The van der Waals surface area contributed by atoms with Gasteiger partial charge in [-0.15, -0.1) is 0 Å². The topological polar surface area (TPSA) is 72.4 Å². The van der Waals surface area contributed by atoms with Crippen LogP contribution in [0, 0.1) is 20.8 Å². The Morgan fingerprint density at radius 2 is 1.68 bits per heavy atom. The predicted octanol–water partition coefficient (Wildman–Crippen LogP) is 4.20. The van der Waals surface area contributed by atoms with Crippen LogP contribution in [0.25, 0.3) is 11.0 Å². The van der Waals surface area contributed by atoms with E-state index in [0.29, 0.717) is 49.2 Å². The summed E-state index contributed by atoms with van der Waals surface area (Å²) in [6.45, 7) is 6.95. The highest BCUT2D eigenvalue weighted by atomic mass is 16.5. The third-order valence-electron chi connectivity index (χ3n) is 6.53. The lowest BCUT2D eigenvalue weighted by Gasteiger charge is -2.44. The second-order valence-electron chi connectivity index (χ2n) is 8.77. The second-order valence-corrected chi connectivity index (χ2v) is 8.77. The summed E-state index contributed by atoms with van der Waals surface area (Å²) in [5.74, 6) is 0.777. The minimum absolute atomic E-state index is 0.0186. The number of likely N-dealkylation sites (tertiary alicyclic amines) is 1. The number of aromatic nitrogens is 2. The van der Waals surface area contributed by atoms with E-state index in [0.717, 1.165) is 28.0 Å². The number of ether oxygens (including phenoxy) is 1. The molecule has 3 aromatic rings. The number of hydrogen-bond acceptors (Lipinski definition) is 5. The van der Waals surface area contributed by atoms with Crippen LogP contribution in [-0.2, 0) is 0 Å². The quantitative estimate of drug-likeness (QED) is 0.596. The molecule has 0 saturated carbocycles. The van der Waals surface area contributed by atoms with Crippen LogP contribution in [0.4, 0.5) is 0 Å². The van der Waals surface area contributed by atoms with Gasteiger partial charge in [0, 0.05) is 31.5 Å². The highest BCUT2D eigenvalue weighted by Gasteiger charge is 2.43. The van der Waals surface area contributed by atoms with Crippen molar-refractivity contribution in [3.8, 4) is 5.75 Å². The lowest BCUT2D eigenvalue weighted by molar-refractivity contribution is -0.00572. The maximum Gasteiger partial charge on any atom is 0.253 e. The number of ketones is 1. The van der Waals surface area contributed by atoms with Crippen LogP contribution < -0.4 is 4.74 Å². The van der Waals surface area contributed by atoms with Crippen molar-refractivity contribution in [1.29, 1.82) is 0 Å². The van der Waals surface area contributed by atoms with Gasteiger partial charge in [-0.1, -0.05) is 11.6 Å². The van der Waals surface area contributed by atoms with E-state index in [2.05, 4.69) is 9.97 Å². The van der Waals surface area contributed by atoms with Gasteiger partial charge in [0.2, 0.25) is 0 Å². The van der Waals surface area contributed by atoms with Crippen molar-refractivity contribution in [2.75, 3.05) is 13.1 Å². The number of carbonyl (C=O) groups is 2. The monoisotopic (exact) mass is 415 g/mol. The van der Waals surface area contributed by atoms with Gasteiger partial charge in [0.1, 0.15) is 11.4 Å². The molecule has 2 aliphatic heterocycles. The number of nitrogens with zero attached hydrogens (tertiary/aromatic N) is 3. The van der Waals surface area contributed by atoms with Gasteiger partial charge in [-0.2, -0.15) is 0 Å². The number of benzene rings is 2. The van der Waals surface area contributed by atoms with Crippen LogP contribution in [0.1, 0.15) is 56.9 Å². The van der Waals surface area contributed by atoms with Gasteiger partial charge in [-0.3, -0.25) is 9.59 Å². The first kappa shape index (κ1) is 19.7. The fraction of sp³-hybridized carbons (Fsp3) is 0.360. The number of hydrogen-bond donors (Lipinski definition) is 0. The SMILES string of the molecule is Cc1ccc2c(c1)C(=O)CC1(CCN(C(=O)c3ccc4nc(C)c(C)nc4c3)CC1)O2. The smallest absolute Gasteiger partial charge is 0.253 e. The summed E-state index contributed by atoms with van der Waals surface area (Å²) in [4.78, 5) is 36.9.